The highest BCUT2D eigenvalue weighted by atomic mass is 16.5. The van der Waals surface area contributed by atoms with Crippen molar-refractivity contribution in [2.75, 3.05) is 7.11 Å². The Bertz CT molecular complexity index is 563. The standard InChI is InChI=1S/C17H18O3/c1-13-8-6-7-11-15(13)16(12-17(18)19-2)20-14-9-4-3-5-10-14/h3-11,16H,12H2,1-2H3. The maximum atomic E-state index is 11.6. The van der Waals surface area contributed by atoms with Gasteiger partial charge in [0.25, 0.3) is 0 Å². The third-order valence-electron chi connectivity index (χ3n) is 3.14. The Morgan fingerprint density at radius 2 is 1.70 bits per heavy atom. The normalized spacial score (nSPS) is 11.7. The Hall–Kier alpha value is -2.29. The average molecular weight is 270 g/mol. The second kappa shape index (κ2) is 6.75. The van der Waals surface area contributed by atoms with Gasteiger partial charge < -0.3 is 9.47 Å². The van der Waals surface area contributed by atoms with Crippen molar-refractivity contribution in [1.29, 1.82) is 0 Å². The first-order valence-electron chi connectivity index (χ1n) is 6.54. The molecule has 0 bridgehead atoms. The molecule has 0 aromatic heterocycles. The van der Waals surface area contributed by atoms with E-state index in [1.165, 1.54) is 7.11 Å². The molecule has 0 heterocycles. The van der Waals surface area contributed by atoms with Crippen molar-refractivity contribution in [3.8, 4) is 5.75 Å². The van der Waals surface area contributed by atoms with Gasteiger partial charge in [0.15, 0.2) is 0 Å². The van der Waals surface area contributed by atoms with Gasteiger partial charge in [-0.2, -0.15) is 0 Å². The number of methoxy groups -OCH3 is 1. The van der Waals surface area contributed by atoms with E-state index in [0.29, 0.717) is 0 Å². The number of ether oxygens (including phenoxy) is 2. The highest BCUT2D eigenvalue weighted by molar-refractivity contribution is 5.70. The van der Waals surface area contributed by atoms with E-state index in [-0.39, 0.29) is 18.5 Å². The molecular formula is C17H18O3. The summed E-state index contributed by atoms with van der Waals surface area (Å²) in [6.45, 7) is 2.01. The van der Waals surface area contributed by atoms with Gasteiger partial charge in [-0.3, -0.25) is 4.79 Å². The molecule has 1 unspecified atom stereocenters. The predicted octanol–water partition coefficient (Wildman–Crippen LogP) is 3.68. The van der Waals surface area contributed by atoms with E-state index >= 15 is 0 Å². The Labute approximate surface area is 119 Å². The SMILES string of the molecule is COC(=O)CC(Oc1ccccc1)c1ccccc1C. The van der Waals surface area contributed by atoms with Gasteiger partial charge in [0, 0.05) is 0 Å². The van der Waals surface area contributed by atoms with Gasteiger partial charge in [0.05, 0.1) is 13.5 Å². The third-order valence-corrected chi connectivity index (χ3v) is 3.14. The van der Waals surface area contributed by atoms with Crippen LogP contribution in [0.4, 0.5) is 0 Å². The molecule has 1 atom stereocenters. The van der Waals surface area contributed by atoms with Gasteiger partial charge in [0.1, 0.15) is 11.9 Å². The Balaban J connectivity index is 2.25. The summed E-state index contributed by atoms with van der Waals surface area (Å²) in [4.78, 5) is 11.6. The first-order valence-corrected chi connectivity index (χ1v) is 6.54. The minimum Gasteiger partial charge on any atom is -0.485 e. The minimum absolute atomic E-state index is 0.191. The van der Waals surface area contributed by atoms with Crippen LogP contribution < -0.4 is 4.74 Å². The number of hydrogen-bond acceptors (Lipinski definition) is 3. The van der Waals surface area contributed by atoms with Crippen LogP contribution in [0.1, 0.15) is 23.7 Å². The van der Waals surface area contributed by atoms with Crippen molar-refractivity contribution in [1.82, 2.24) is 0 Å². The predicted molar refractivity (Wildman–Crippen MR) is 77.6 cm³/mol. The fraction of sp³-hybridized carbons (Fsp3) is 0.235. The summed E-state index contributed by atoms with van der Waals surface area (Å²) in [5.74, 6) is 0.457. The Morgan fingerprint density at radius 1 is 1.05 bits per heavy atom. The second-order valence-corrected chi connectivity index (χ2v) is 4.56. The molecule has 0 saturated carbocycles. The summed E-state index contributed by atoms with van der Waals surface area (Å²) in [5.41, 5.74) is 2.10. The van der Waals surface area contributed by atoms with Crippen LogP contribution in [-0.2, 0) is 9.53 Å². The summed E-state index contributed by atoms with van der Waals surface area (Å²) >= 11 is 0. The highest BCUT2D eigenvalue weighted by Crippen LogP contribution is 2.27. The lowest BCUT2D eigenvalue weighted by Gasteiger charge is -2.20. The van der Waals surface area contributed by atoms with Gasteiger partial charge in [-0.1, -0.05) is 42.5 Å². The van der Waals surface area contributed by atoms with Crippen molar-refractivity contribution < 1.29 is 14.3 Å². The minimum atomic E-state index is -0.342. The van der Waals surface area contributed by atoms with E-state index < -0.39 is 0 Å². The molecule has 104 valence electrons. The van der Waals surface area contributed by atoms with E-state index in [2.05, 4.69) is 0 Å². The fourth-order valence-corrected chi connectivity index (χ4v) is 2.06. The number of carbonyl (C=O) groups is 1. The molecule has 0 N–H and O–H groups in total. The zero-order valence-electron chi connectivity index (χ0n) is 11.7. The number of para-hydroxylation sites is 1. The molecule has 3 nitrogen and oxygen atoms in total. The van der Waals surface area contributed by atoms with Crippen molar-refractivity contribution in [3.63, 3.8) is 0 Å². The van der Waals surface area contributed by atoms with Gasteiger partial charge >= 0.3 is 5.97 Å². The van der Waals surface area contributed by atoms with Crippen molar-refractivity contribution in [2.24, 2.45) is 0 Å². The molecule has 0 aliphatic carbocycles. The second-order valence-electron chi connectivity index (χ2n) is 4.56. The summed E-state index contributed by atoms with van der Waals surface area (Å²) in [7, 11) is 1.39. The Kier molecular flexibility index (Phi) is 4.77. The zero-order chi connectivity index (χ0) is 14.4. The van der Waals surface area contributed by atoms with Crippen LogP contribution in [0, 0.1) is 6.92 Å². The zero-order valence-corrected chi connectivity index (χ0v) is 11.7. The summed E-state index contributed by atoms with van der Waals surface area (Å²) in [5, 5.41) is 0. The van der Waals surface area contributed by atoms with Crippen LogP contribution in [0.5, 0.6) is 5.75 Å². The lowest BCUT2D eigenvalue weighted by molar-refractivity contribution is -0.142. The molecule has 0 aliphatic rings. The summed E-state index contributed by atoms with van der Waals surface area (Å²) in [6.07, 6.45) is -0.151. The quantitative estimate of drug-likeness (QED) is 0.777. The van der Waals surface area contributed by atoms with E-state index in [4.69, 9.17) is 9.47 Å². The first-order chi connectivity index (χ1) is 9.70. The van der Waals surface area contributed by atoms with Gasteiger partial charge in [-0.25, -0.2) is 0 Å². The molecule has 2 rings (SSSR count). The molecule has 20 heavy (non-hydrogen) atoms. The maximum absolute atomic E-state index is 11.6. The number of carbonyl (C=O) groups excluding carboxylic acids is 1. The molecule has 2 aromatic rings. The summed E-state index contributed by atoms with van der Waals surface area (Å²) in [6, 6.07) is 17.4. The van der Waals surface area contributed by atoms with E-state index in [9.17, 15) is 4.79 Å². The number of hydrogen-bond donors (Lipinski definition) is 0. The van der Waals surface area contributed by atoms with Gasteiger partial charge in [-0.05, 0) is 30.2 Å². The molecule has 0 spiro atoms. The topological polar surface area (TPSA) is 35.5 Å². The molecule has 0 amide bonds. The van der Waals surface area contributed by atoms with Gasteiger partial charge in [0.2, 0.25) is 0 Å². The fourth-order valence-electron chi connectivity index (χ4n) is 2.06. The Morgan fingerprint density at radius 3 is 2.35 bits per heavy atom. The number of esters is 1. The molecule has 2 aromatic carbocycles. The largest absolute Gasteiger partial charge is 0.485 e. The first kappa shape index (κ1) is 14.1. The molecule has 0 fully saturated rings. The van der Waals surface area contributed by atoms with Crippen molar-refractivity contribution in [2.45, 2.75) is 19.4 Å². The monoisotopic (exact) mass is 270 g/mol. The van der Waals surface area contributed by atoms with Crippen LogP contribution >= 0.6 is 0 Å². The van der Waals surface area contributed by atoms with Crippen LogP contribution in [0.15, 0.2) is 54.6 Å². The smallest absolute Gasteiger partial charge is 0.309 e. The molecule has 3 heteroatoms. The van der Waals surface area contributed by atoms with E-state index in [0.717, 1.165) is 16.9 Å². The van der Waals surface area contributed by atoms with Crippen molar-refractivity contribution in [3.05, 3.63) is 65.7 Å². The molecule has 0 radical (unpaired) electrons. The van der Waals surface area contributed by atoms with Crippen LogP contribution in [-0.4, -0.2) is 13.1 Å². The average Bonchev–Trinajstić information content (AvgIpc) is 2.48. The number of benzene rings is 2. The molecular weight excluding hydrogens is 252 g/mol. The number of aryl methyl sites for hydroxylation is 1. The maximum Gasteiger partial charge on any atom is 0.309 e. The molecule has 0 aliphatic heterocycles. The van der Waals surface area contributed by atoms with Gasteiger partial charge in [-0.15, -0.1) is 0 Å². The van der Waals surface area contributed by atoms with Crippen LogP contribution in [0.2, 0.25) is 0 Å². The lowest BCUT2D eigenvalue weighted by atomic mass is 10.0. The molecule has 0 saturated heterocycles. The van der Waals surface area contributed by atoms with Crippen LogP contribution in [0.25, 0.3) is 0 Å². The lowest BCUT2D eigenvalue weighted by Crippen LogP contribution is -2.15. The van der Waals surface area contributed by atoms with E-state index in [1.807, 2.05) is 61.5 Å². The number of rotatable bonds is 5. The van der Waals surface area contributed by atoms with Crippen molar-refractivity contribution >= 4 is 5.97 Å². The highest BCUT2D eigenvalue weighted by Gasteiger charge is 2.19. The van der Waals surface area contributed by atoms with E-state index in [1.54, 1.807) is 0 Å². The van der Waals surface area contributed by atoms with Crippen LogP contribution in [0.3, 0.4) is 0 Å². The summed E-state index contributed by atoms with van der Waals surface area (Å²) < 4.78 is 10.7. The third kappa shape index (κ3) is 3.60.